The van der Waals surface area contributed by atoms with Gasteiger partial charge in [0.15, 0.2) is 0 Å². The first-order valence-corrected chi connectivity index (χ1v) is 9.63. The second kappa shape index (κ2) is 6.28. The van der Waals surface area contributed by atoms with Crippen molar-refractivity contribution in [3.8, 4) is 0 Å². The van der Waals surface area contributed by atoms with Gasteiger partial charge in [0, 0.05) is 11.4 Å². The first kappa shape index (κ1) is 15.3. The zero-order valence-electron chi connectivity index (χ0n) is 12.5. The molecule has 1 aromatic heterocycles. The normalized spacial score (nSPS) is 16.7. The van der Waals surface area contributed by atoms with E-state index in [4.69, 9.17) is 0 Å². The minimum Gasteiger partial charge on any atom is -0.360 e. The van der Waals surface area contributed by atoms with Crippen LogP contribution in [0.15, 0.2) is 46.0 Å². The van der Waals surface area contributed by atoms with Crippen molar-refractivity contribution < 1.29 is 13.3 Å². The predicted octanol–water partition coefficient (Wildman–Crippen LogP) is 0.884. The number of thiophene rings is 1. The highest BCUT2D eigenvalue weighted by atomic mass is 32.2. The van der Waals surface area contributed by atoms with Crippen molar-refractivity contribution >= 4 is 32.7 Å². The number of hydrogen-bond acceptors (Lipinski definition) is 4. The molecule has 1 aliphatic heterocycles. The molecule has 1 saturated heterocycles. The van der Waals surface area contributed by atoms with Gasteiger partial charge < -0.3 is 9.80 Å². The molecule has 22 heavy (non-hydrogen) atoms. The van der Waals surface area contributed by atoms with Crippen molar-refractivity contribution in [2.75, 3.05) is 42.8 Å². The summed E-state index contributed by atoms with van der Waals surface area (Å²) < 4.78 is 27.3. The van der Waals surface area contributed by atoms with Crippen molar-refractivity contribution in [3.05, 3.63) is 41.8 Å². The van der Waals surface area contributed by atoms with Crippen LogP contribution in [0.2, 0.25) is 0 Å². The summed E-state index contributed by atoms with van der Waals surface area (Å²) in [4.78, 5) is 3.89. The molecule has 0 aliphatic carbocycles. The van der Waals surface area contributed by atoms with E-state index in [-0.39, 0.29) is 0 Å². The van der Waals surface area contributed by atoms with Gasteiger partial charge in [-0.15, -0.1) is 11.3 Å². The number of nitrogens with one attached hydrogen (secondary N) is 2. The summed E-state index contributed by atoms with van der Waals surface area (Å²) in [5.41, 5.74) is 1.74. The maximum Gasteiger partial charge on any atom is 0.271 e. The van der Waals surface area contributed by atoms with Gasteiger partial charge in [-0.25, -0.2) is 8.42 Å². The fraction of sp³-hybridized carbons (Fsp3) is 0.333. The summed E-state index contributed by atoms with van der Waals surface area (Å²) in [6.07, 6.45) is 0. The number of sulfonamides is 1. The zero-order chi connectivity index (χ0) is 15.6. The van der Waals surface area contributed by atoms with E-state index in [1.165, 1.54) is 11.3 Å². The number of likely N-dealkylation sites (N-methyl/N-ethyl adjacent to an activating group) is 1. The first-order chi connectivity index (χ1) is 10.5. The van der Waals surface area contributed by atoms with Crippen LogP contribution >= 0.6 is 11.3 Å². The third-order valence-corrected chi connectivity index (χ3v) is 6.64. The lowest BCUT2D eigenvalue weighted by molar-refractivity contribution is -0.880. The molecule has 1 aromatic carbocycles. The van der Waals surface area contributed by atoms with Crippen LogP contribution in [0.25, 0.3) is 0 Å². The van der Waals surface area contributed by atoms with Gasteiger partial charge in [-0.3, -0.25) is 4.72 Å². The van der Waals surface area contributed by atoms with Gasteiger partial charge in [0.1, 0.15) is 4.21 Å². The van der Waals surface area contributed by atoms with Gasteiger partial charge in [0.2, 0.25) is 0 Å². The van der Waals surface area contributed by atoms with Crippen LogP contribution in [0.1, 0.15) is 0 Å². The summed E-state index contributed by atoms with van der Waals surface area (Å²) in [7, 11) is -1.26. The van der Waals surface area contributed by atoms with Crippen molar-refractivity contribution in [1.29, 1.82) is 0 Å². The topological polar surface area (TPSA) is 53.9 Å². The van der Waals surface area contributed by atoms with Crippen LogP contribution in [0.5, 0.6) is 0 Å². The van der Waals surface area contributed by atoms with E-state index in [1.807, 2.05) is 24.3 Å². The molecule has 0 saturated carbocycles. The molecule has 2 aromatic rings. The molecule has 1 aliphatic rings. The molecule has 0 unspecified atom stereocenters. The van der Waals surface area contributed by atoms with Crippen molar-refractivity contribution in [2.45, 2.75) is 4.21 Å². The van der Waals surface area contributed by atoms with Gasteiger partial charge in [-0.05, 0) is 35.7 Å². The SMILES string of the molecule is C[NH+]1CCN(c2ccc(NS(=O)(=O)c3cccs3)cc2)CC1. The van der Waals surface area contributed by atoms with Gasteiger partial charge in [-0.1, -0.05) is 6.07 Å². The lowest BCUT2D eigenvalue weighted by atomic mass is 10.2. The summed E-state index contributed by atoms with van der Waals surface area (Å²) in [5, 5.41) is 1.76. The smallest absolute Gasteiger partial charge is 0.271 e. The van der Waals surface area contributed by atoms with E-state index in [1.54, 1.807) is 22.4 Å². The maximum atomic E-state index is 12.2. The predicted molar refractivity (Wildman–Crippen MR) is 90.4 cm³/mol. The third kappa shape index (κ3) is 3.43. The standard InChI is InChI=1S/C15H19N3O2S2/c1-17-8-10-18(11-9-17)14-6-4-13(5-7-14)16-22(19,20)15-3-2-12-21-15/h2-7,12,16H,8-11H2,1H3/p+1. The summed E-state index contributed by atoms with van der Waals surface area (Å²) >= 11 is 1.21. The van der Waals surface area contributed by atoms with Crippen LogP contribution < -0.4 is 14.5 Å². The van der Waals surface area contributed by atoms with Crippen molar-refractivity contribution in [1.82, 2.24) is 0 Å². The van der Waals surface area contributed by atoms with Gasteiger partial charge in [0.05, 0.1) is 33.2 Å². The molecule has 2 heterocycles. The molecule has 0 amide bonds. The van der Waals surface area contributed by atoms with Crippen LogP contribution in [-0.2, 0) is 10.0 Å². The Morgan fingerprint density at radius 1 is 1.14 bits per heavy atom. The van der Waals surface area contributed by atoms with E-state index in [9.17, 15) is 8.42 Å². The van der Waals surface area contributed by atoms with Crippen LogP contribution in [0.3, 0.4) is 0 Å². The summed E-state index contributed by atoms with van der Waals surface area (Å²) in [6, 6.07) is 10.9. The Hall–Kier alpha value is -1.57. The van der Waals surface area contributed by atoms with Crippen molar-refractivity contribution in [2.24, 2.45) is 0 Å². The molecule has 5 nitrogen and oxygen atoms in total. The summed E-state index contributed by atoms with van der Waals surface area (Å²) in [5.74, 6) is 0. The van der Waals surface area contributed by atoms with E-state index in [2.05, 4.69) is 16.7 Å². The summed E-state index contributed by atoms with van der Waals surface area (Å²) in [6.45, 7) is 4.33. The largest absolute Gasteiger partial charge is 0.360 e. The molecule has 3 rings (SSSR count). The molecule has 118 valence electrons. The molecular weight excluding hydrogens is 318 g/mol. The minimum absolute atomic E-state index is 0.332. The van der Waals surface area contributed by atoms with Crippen LogP contribution in [0, 0.1) is 0 Å². The highest BCUT2D eigenvalue weighted by Crippen LogP contribution is 2.22. The number of piperazine rings is 1. The highest BCUT2D eigenvalue weighted by Gasteiger charge is 2.18. The Labute approximate surface area is 135 Å². The first-order valence-electron chi connectivity index (χ1n) is 7.27. The Morgan fingerprint density at radius 3 is 2.41 bits per heavy atom. The van der Waals surface area contributed by atoms with Crippen LogP contribution in [0.4, 0.5) is 11.4 Å². The lowest BCUT2D eigenvalue weighted by Gasteiger charge is -2.31. The van der Waals surface area contributed by atoms with E-state index >= 15 is 0 Å². The lowest BCUT2D eigenvalue weighted by Crippen LogP contribution is -3.12. The number of rotatable bonds is 4. The third-order valence-electron chi connectivity index (χ3n) is 3.86. The number of anilines is 2. The number of quaternary nitrogens is 1. The Morgan fingerprint density at radius 2 is 1.82 bits per heavy atom. The Balaban J connectivity index is 1.70. The molecule has 7 heteroatoms. The van der Waals surface area contributed by atoms with Crippen LogP contribution in [-0.4, -0.2) is 41.6 Å². The molecule has 0 atom stereocenters. The van der Waals surface area contributed by atoms with E-state index < -0.39 is 10.0 Å². The Kier molecular flexibility index (Phi) is 4.37. The average Bonchev–Trinajstić information content (AvgIpc) is 3.04. The second-order valence-corrected chi connectivity index (χ2v) is 8.39. The van der Waals surface area contributed by atoms with Gasteiger partial charge in [0.25, 0.3) is 10.0 Å². The average molecular weight is 338 g/mol. The highest BCUT2D eigenvalue weighted by molar-refractivity contribution is 7.94. The maximum absolute atomic E-state index is 12.2. The quantitative estimate of drug-likeness (QED) is 0.870. The number of hydrogen-bond donors (Lipinski definition) is 2. The molecule has 2 N–H and O–H groups in total. The fourth-order valence-corrected chi connectivity index (χ4v) is 4.56. The second-order valence-electron chi connectivity index (χ2n) is 5.53. The van der Waals surface area contributed by atoms with E-state index in [0.29, 0.717) is 9.90 Å². The number of benzene rings is 1. The van der Waals surface area contributed by atoms with Crippen molar-refractivity contribution in [3.63, 3.8) is 0 Å². The fourth-order valence-electron chi connectivity index (χ4n) is 2.51. The molecule has 0 spiro atoms. The monoisotopic (exact) mass is 338 g/mol. The van der Waals surface area contributed by atoms with Gasteiger partial charge in [-0.2, -0.15) is 0 Å². The number of nitrogens with zero attached hydrogens (tertiary/aromatic N) is 1. The van der Waals surface area contributed by atoms with Gasteiger partial charge >= 0.3 is 0 Å². The van der Waals surface area contributed by atoms with E-state index in [0.717, 1.165) is 31.9 Å². The zero-order valence-corrected chi connectivity index (χ0v) is 14.1. The molecule has 0 bridgehead atoms. The minimum atomic E-state index is -3.46. The Bertz CT molecular complexity index is 704. The molecule has 1 fully saturated rings. The molecule has 0 radical (unpaired) electrons. The molecular formula is C15H20N3O2S2+.